The van der Waals surface area contributed by atoms with Gasteiger partial charge in [0.25, 0.3) is 5.91 Å². The minimum atomic E-state index is -1.04. The molecule has 14 nitrogen and oxygen atoms in total. The molecule has 4 aromatic rings. The number of carbonyl (C=O) groups excluding carboxylic acids is 5. The van der Waals surface area contributed by atoms with E-state index in [0.717, 1.165) is 62.9 Å². The number of aromatic nitrogens is 2. The van der Waals surface area contributed by atoms with E-state index in [1.807, 2.05) is 39.0 Å². The molecule has 19 heteroatoms. The lowest BCUT2D eigenvalue weighted by molar-refractivity contribution is -0.155. The van der Waals surface area contributed by atoms with Crippen LogP contribution in [0, 0.1) is 17.3 Å². The van der Waals surface area contributed by atoms with Crippen molar-refractivity contribution >= 4 is 108 Å². The lowest BCUT2D eigenvalue weighted by atomic mass is 9.84. The number of pyridine rings is 1. The van der Waals surface area contributed by atoms with E-state index in [1.165, 1.54) is 11.1 Å². The number of fused-ring (bicyclic) bond motifs is 6. The van der Waals surface area contributed by atoms with E-state index < -0.39 is 41.3 Å². The first kappa shape index (κ1) is 62.2. The minimum absolute atomic E-state index is 0. The highest BCUT2D eigenvalue weighted by molar-refractivity contribution is 7.60. The third-order valence-electron chi connectivity index (χ3n) is 14.0. The minimum Gasteiger partial charge on any atom is -0.464 e. The van der Waals surface area contributed by atoms with Crippen molar-refractivity contribution in [1.82, 2.24) is 35.1 Å². The molecule has 396 valence electrons. The predicted molar refractivity (Wildman–Crippen MR) is 309 cm³/mol. The number of nitrogens with one attached hydrogen (secondary N) is 2. The Morgan fingerprint density at radius 1 is 0.972 bits per heavy atom. The molecule has 4 aliphatic rings. The van der Waals surface area contributed by atoms with Crippen molar-refractivity contribution in [3.63, 3.8) is 0 Å². The smallest absolute Gasteiger partial charge is 0.324 e. The number of likely N-dealkylation sites (tertiary alicyclic amines) is 1. The van der Waals surface area contributed by atoms with Gasteiger partial charge in [0.1, 0.15) is 18.1 Å². The summed E-state index contributed by atoms with van der Waals surface area (Å²) in [6, 6.07) is 15.9. The fourth-order valence-corrected chi connectivity index (χ4v) is 10.4. The quantitative estimate of drug-likeness (QED) is 0.116. The highest BCUT2D eigenvalue weighted by Gasteiger charge is 2.46. The molecule has 0 unspecified atom stereocenters. The van der Waals surface area contributed by atoms with E-state index in [2.05, 4.69) is 79.1 Å². The van der Waals surface area contributed by atoms with Crippen LogP contribution in [0.4, 0.5) is 0 Å². The van der Waals surface area contributed by atoms with Gasteiger partial charge < -0.3 is 29.2 Å². The Balaban J connectivity index is 0.00000274. The van der Waals surface area contributed by atoms with Crippen LogP contribution < -0.4 is 10.7 Å². The van der Waals surface area contributed by atoms with Gasteiger partial charge >= 0.3 is 5.97 Å². The molecule has 2 N–H and O–H groups in total. The van der Waals surface area contributed by atoms with Crippen molar-refractivity contribution in [3.8, 4) is 22.4 Å². The molecule has 3 fully saturated rings. The van der Waals surface area contributed by atoms with Crippen molar-refractivity contribution in [1.29, 1.82) is 0 Å². The fraction of sp³-hybridized carbons (Fsp3) is 0.509. The Kier molecular flexibility index (Phi) is 22.8. The largest absolute Gasteiger partial charge is 0.464 e. The van der Waals surface area contributed by atoms with Crippen molar-refractivity contribution < 1.29 is 33.4 Å². The number of methoxy groups -OCH3 is 1. The number of amides is 4. The number of cyclic esters (lactones) is 1. The molecule has 0 spiro atoms. The van der Waals surface area contributed by atoms with Gasteiger partial charge in [-0.25, -0.2) is 5.43 Å². The zero-order valence-electron chi connectivity index (χ0n) is 42.7. The molecule has 5 heterocycles. The van der Waals surface area contributed by atoms with Crippen molar-refractivity contribution in [2.45, 2.75) is 123 Å². The summed E-state index contributed by atoms with van der Waals surface area (Å²) in [5, 5.41) is 5.68. The second kappa shape index (κ2) is 26.4. The molecular formula is C53H77N7O7S5. The van der Waals surface area contributed by atoms with Crippen molar-refractivity contribution in [2.24, 2.45) is 17.3 Å². The van der Waals surface area contributed by atoms with E-state index >= 15 is 0 Å². The Hall–Kier alpha value is -4.11. The number of nitrogens with zero attached hydrogens (tertiary/aromatic N) is 5. The van der Waals surface area contributed by atoms with Gasteiger partial charge in [0, 0.05) is 73.8 Å². The van der Waals surface area contributed by atoms with Crippen LogP contribution in [-0.4, -0.2) is 111 Å². The lowest BCUT2D eigenvalue weighted by Gasteiger charge is -2.38. The number of benzene rings is 2. The number of carbonyl (C=O) groups is 5. The van der Waals surface area contributed by atoms with Gasteiger partial charge in [-0.15, -0.1) is 0 Å². The summed E-state index contributed by atoms with van der Waals surface area (Å²) in [5.41, 5.74) is 10.5. The molecule has 2 aromatic carbocycles. The average Bonchev–Trinajstić information content (AvgIpc) is 3.96. The summed E-state index contributed by atoms with van der Waals surface area (Å²) in [5.74, 6) is -2.31. The molecule has 72 heavy (non-hydrogen) atoms. The highest BCUT2D eigenvalue weighted by Crippen LogP contribution is 2.42. The van der Waals surface area contributed by atoms with Crippen LogP contribution >= 0.6 is 67.5 Å². The molecule has 8 rings (SSSR count). The van der Waals surface area contributed by atoms with Gasteiger partial charge in [-0.2, -0.15) is 67.5 Å². The molecule has 2 saturated heterocycles. The van der Waals surface area contributed by atoms with E-state index in [1.54, 1.807) is 23.1 Å². The number of ether oxygens (including phenoxy) is 2. The molecule has 5 atom stereocenters. The number of rotatable bonds is 11. The SMILES string of the molecule is C=CC(=O)N1CC[C@H](C(=O)N(C2CC2)[C@H](C(=O)N[C@H]2Cc3cccc(c3)-c3ccc4c(c3)c(c(-c3cccnc3[C@H](C)OC)n4CC)CC(C)(C)COC(=O)[C@@H]3CCCN(N3)C2=O)C(C)C)C1.S.S.S.S.S. The number of esters is 1. The predicted octanol–water partition coefficient (Wildman–Crippen LogP) is 7.36. The van der Waals surface area contributed by atoms with Crippen LogP contribution in [0.1, 0.15) is 96.6 Å². The van der Waals surface area contributed by atoms with Gasteiger partial charge in [-0.05, 0) is 111 Å². The maximum Gasteiger partial charge on any atom is 0.324 e. The number of hydrogen-bond donors (Lipinski definition) is 2. The van der Waals surface area contributed by atoms with E-state index in [-0.39, 0.29) is 123 Å². The Morgan fingerprint density at radius 3 is 2.36 bits per heavy atom. The maximum atomic E-state index is 14.8. The highest BCUT2D eigenvalue weighted by atomic mass is 32.1. The molecule has 1 aliphatic carbocycles. The van der Waals surface area contributed by atoms with Crippen LogP contribution in [0.5, 0.6) is 0 Å². The Bertz CT molecular complexity index is 2570. The van der Waals surface area contributed by atoms with E-state index in [4.69, 9.17) is 14.5 Å². The van der Waals surface area contributed by atoms with Gasteiger partial charge in [-0.3, -0.25) is 34.0 Å². The summed E-state index contributed by atoms with van der Waals surface area (Å²) in [6.07, 6.45) is 6.66. The van der Waals surface area contributed by atoms with Crippen LogP contribution in [0.15, 0.2) is 73.4 Å². The molecule has 4 amide bonds. The summed E-state index contributed by atoms with van der Waals surface area (Å²) in [4.78, 5) is 78.7. The number of hydrogen-bond acceptors (Lipinski definition) is 9. The third-order valence-corrected chi connectivity index (χ3v) is 14.0. The molecular weight excluding hydrogens is 1010 g/mol. The van der Waals surface area contributed by atoms with Crippen molar-refractivity contribution in [2.75, 3.05) is 33.4 Å². The molecule has 1 saturated carbocycles. The van der Waals surface area contributed by atoms with Crippen LogP contribution in [0.25, 0.3) is 33.3 Å². The summed E-state index contributed by atoms with van der Waals surface area (Å²) >= 11 is 0. The van der Waals surface area contributed by atoms with Gasteiger partial charge in [0.05, 0.1) is 30.0 Å². The van der Waals surface area contributed by atoms with E-state index in [9.17, 15) is 24.0 Å². The number of hydrazine groups is 1. The van der Waals surface area contributed by atoms with Gasteiger partial charge in [-0.1, -0.05) is 64.6 Å². The first-order valence-corrected chi connectivity index (χ1v) is 24.1. The number of aryl methyl sites for hydroxylation is 1. The van der Waals surface area contributed by atoms with E-state index in [0.29, 0.717) is 45.3 Å². The standard InChI is InChI=1S/C53H67N7O7.5H2S/c1-9-45(61)57-25-22-37(30-57)50(63)60(38-19-20-38)47(32(3)4)49(62)55-43-27-34-14-11-15-35(26-34)36-18-21-44-40(28-36)41(48(58(44)10-2)39-16-12-23-54-46(39)33(5)66-8)29-53(6,7)31-67-52(65)42-17-13-24-59(56-42)51(43)64;;;;;/h9,11-12,14-16,18,21,23,26,28,32-33,37-38,42-43,47,56H,1,10,13,17,19-20,22,24-25,27,29-31H2,2-8H3,(H,55,62);5*1H2/t33-,37-,42-,43-,47-;;;;;/m0...../s1. The Morgan fingerprint density at radius 2 is 1.69 bits per heavy atom. The molecule has 0 radical (unpaired) electrons. The molecule has 6 bridgehead atoms. The van der Waals surface area contributed by atoms with Crippen molar-refractivity contribution in [3.05, 3.63) is 90.3 Å². The lowest BCUT2D eigenvalue weighted by Crippen LogP contribution is -2.62. The first-order chi connectivity index (χ1) is 32.1. The van der Waals surface area contributed by atoms with Gasteiger partial charge in [0.15, 0.2) is 0 Å². The zero-order chi connectivity index (χ0) is 47.7. The molecule has 2 aromatic heterocycles. The van der Waals surface area contributed by atoms with Gasteiger partial charge in [0.2, 0.25) is 17.7 Å². The Labute approximate surface area is 460 Å². The summed E-state index contributed by atoms with van der Waals surface area (Å²) in [7, 11) is 1.69. The topological polar surface area (TPSA) is 155 Å². The van der Waals surface area contributed by atoms with Crippen LogP contribution in [0.2, 0.25) is 0 Å². The average molecular weight is 1080 g/mol. The maximum absolute atomic E-state index is 14.8. The second-order valence-electron chi connectivity index (χ2n) is 20.0. The van der Waals surface area contributed by atoms with Crippen LogP contribution in [-0.2, 0) is 52.8 Å². The second-order valence-corrected chi connectivity index (χ2v) is 20.0. The normalized spacial score (nSPS) is 20.4. The first-order valence-electron chi connectivity index (χ1n) is 24.1. The third kappa shape index (κ3) is 13.2. The zero-order valence-corrected chi connectivity index (χ0v) is 47.7. The van der Waals surface area contributed by atoms with Crippen LogP contribution in [0.3, 0.4) is 0 Å². The summed E-state index contributed by atoms with van der Waals surface area (Å²) in [6.45, 7) is 17.7. The molecule has 3 aliphatic heterocycles. The monoisotopic (exact) mass is 1080 g/mol. The fourth-order valence-electron chi connectivity index (χ4n) is 10.4. The summed E-state index contributed by atoms with van der Waals surface area (Å²) < 4.78 is 14.3.